The smallest absolute Gasteiger partial charge is 0.341 e. The van der Waals surface area contributed by atoms with Crippen molar-refractivity contribution in [1.82, 2.24) is 0 Å². The van der Waals surface area contributed by atoms with E-state index in [0.717, 1.165) is 0 Å². The minimum absolute atomic E-state index is 0.0270. The Hall–Kier alpha value is -1.56. The van der Waals surface area contributed by atoms with E-state index in [1.807, 2.05) is 0 Å². The highest BCUT2D eigenvalue weighted by molar-refractivity contribution is 5.90. The van der Waals surface area contributed by atoms with Crippen molar-refractivity contribution in [2.45, 2.75) is 31.8 Å². The van der Waals surface area contributed by atoms with Crippen LogP contribution in [0.25, 0.3) is 10.4 Å². The van der Waals surface area contributed by atoms with Crippen molar-refractivity contribution in [3.63, 3.8) is 0 Å². The Labute approximate surface area is 91.6 Å². The topological polar surface area (TPSA) is 93.5 Å². The van der Waals surface area contributed by atoms with E-state index in [1.165, 1.54) is 6.08 Å². The van der Waals surface area contributed by atoms with E-state index in [9.17, 15) is 4.79 Å². The monoisotopic (exact) mass is 225 g/mol. The number of hydrogen-bond donors (Lipinski definition) is 0. The molecule has 0 radical (unpaired) electrons. The summed E-state index contributed by atoms with van der Waals surface area (Å²) < 4.78 is 15.9. The molecule has 1 saturated heterocycles. The maximum absolute atomic E-state index is 11.2. The minimum atomic E-state index is -0.674. The molecule has 0 aromatic carbocycles. The van der Waals surface area contributed by atoms with Gasteiger partial charge < -0.3 is 14.2 Å². The first kappa shape index (κ1) is 10.9. The number of rotatable bonds is 2. The van der Waals surface area contributed by atoms with Crippen molar-refractivity contribution in [1.29, 1.82) is 0 Å². The Morgan fingerprint density at radius 1 is 1.62 bits per heavy atom. The molecule has 16 heavy (non-hydrogen) atoms. The van der Waals surface area contributed by atoms with E-state index < -0.39 is 17.9 Å². The van der Waals surface area contributed by atoms with E-state index in [2.05, 4.69) is 10.0 Å². The van der Waals surface area contributed by atoms with Crippen molar-refractivity contribution in [3.8, 4) is 0 Å². The van der Waals surface area contributed by atoms with Crippen LogP contribution in [0, 0.1) is 0 Å². The predicted octanol–water partition coefficient (Wildman–Crippen LogP) is 1.26. The van der Waals surface area contributed by atoms with E-state index >= 15 is 0 Å². The van der Waals surface area contributed by atoms with Crippen LogP contribution in [0.4, 0.5) is 0 Å². The number of esters is 1. The average Bonchev–Trinajstić information content (AvgIpc) is 2.72. The van der Waals surface area contributed by atoms with Gasteiger partial charge in [-0.15, -0.1) is 0 Å². The summed E-state index contributed by atoms with van der Waals surface area (Å²) >= 11 is 0. The fraction of sp³-hybridized carbons (Fsp3) is 0.667. The fourth-order valence-corrected chi connectivity index (χ4v) is 1.62. The van der Waals surface area contributed by atoms with Gasteiger partial charge >= 0.3 is 5.97 Å². The van der Waals surface area contributed by atoms with E-state index in [0.29, 0.717) is 6.61 Å². The van der Waals surface area contributed by atoms with Crippen molar-refractivity contribution in [3.05, 3.63) is 22.2 Å². The van der Waals surface area contributed by atoms with Crippen LogP contribution >= 0.6 is 0 Å². The van der Waals surface area contributed by atoms with Crippen molar-refractivity contribution < 1.29 is 19.0 Å². The fourth-order valence-electron chi connectivity index (χ4n) is 1.62. The molecule has 2 atom stereocenters. The summed E-state index contributed by atoms with van der Waals surface area (Å²) in [6.45, 7) is 3.90. The lowest BCUT2D eigenvalue weighted by Crippen LogP contribution is -2.30. The second-order valence-electron chi connectivity index (χ2n) is 3.98. The largest absolute Gasteiger partial charge is 0.452 e. The number of carbonyl (C=O) groups excluding carboxylic acids is 1. The van der Waals surface area contributed by atoms with Crippen LogP contribution in [-0.4, -0.2) is 30.6 Å². The normalized spacial score (nSPS) is 31.9. The molecule has 2 aliphatic rings. The molecule has 0 aromatic rings. The third-order valence-corrected chi connectivity index (χ3v) is 2.32. The molecule has 1 fully saturated rings. The first-order chi connectivity index (χ1) is 7.52. The first-order valence-corrected chi connectivity index (χ1v) is 4.81. The molecule has 0 spiro atoms. The second kappa shape index (κ2) is 3.79. The van der Waals surface area contributed by atoms with Crippen LogP contribution in [0.5, 0.6) is 0 Å². The highest BCUT2D eigenvalue weighted by atomic mass is 16.8. The summed E-state index contributed by atoms with van der Waals surface area (Å²) in [5.41, 5.74) is 8.21. The highest BCUT2D eigenvalue weighted by Gasteiger charge is 2.41. The zero-order chi connectivity index (χ0) is 11.8. The Kier molecular flexibility index (Phi) is 2.59. The second-order valence-corrected chi connectivity index (χ2v) is 3.98. The van der Waals surface area contributed by atoms with Crippen LogP contribution in [0.2, 0.25) is 0 Å². The summed E-state index contributed by atoms with van der Waals surface area (Å²) in [5.74, 6) is -1.30. The van der Waals surface area contributed by atoms with Gasteiger partial charge in [-0.05, 0) is 25.5 Å². The summed E-state index contributed by atoms with van der Waals surface area (Å²) in [7, 11) is 0. The van der Waals surface area contributed by atoms with Gasteiger partial charge in [-0.3, -0.25) is 0 Å². The van der Waals surface area contributed by atoms with Crippen molar-refractivity contribution in [2.75, 3.05) is 6.61 Å². The van der Waals surface area contributed by atoms with Crippen molar-refractivity contribution >= 4 is 5.97 Å². The number of azide groups is 1. The van der Waals surface area contributed by atoms with Crippen LogP contribution < -0.4 is 0 Å². The van der Waals surface area contributed by atoms with Crippen molar-refractivity contribution in [2.24, 2.45) is 5.11 Å². The third kappa shape index (κ3) is 2.01. The van der Waals surface area contributed by atoms with Gasteiger partial charge in [0.2, 0.25) is 0 Å². The number of hydrogen-bond acceptors (Lipinski definition) is 5. The minimum Gasteiger partial charge on any atom is -0.452 e. The molecular formula is C9H11N3O4. The van der Waals surface area contributed by atoms with E-state index in [1.54, 1.807) is 13.8 Å². The lowest BCUT2D eigenvalue weighted by atomic mass is 10.2. The lowest BCUT2D eigenvalue weighted by Gasteiger charge is -2.19. The summed E-state index contributed by atoms with van der Waals surface area (Å²) in [4.78, 5) is 13.8. The van der Waals surface area contributed by atoms with Crippen LogP contribution in [0.3, 0.4) is 0 Å². The average molecular weight is 225 g/mol. The first-order valence-electron chi connectivity index (χ1n) is 4.81. The number of ether oxygens (including phenoxy) is 3. The molecule has 2 heterocycles. The van der Waals surface area contributed by atoms with Gasteiger partial charge in [-0.25, -0.2) is 4.79 Å². The number of carbonyl (C=O) groups is 1. The Balaban J connectivity index is 2.09. The van der Waals surface area contributed by atoms with Gasteiger partial charge in [0.1, 0.15) is 17.9 Å². The lowest BCUT2D eigenvalue weighted by molar-refractivity contribution is -0.160. The van der Waals surface area contributed by atoms with Gasteiger partial charge in [-0.1, -0.05) is 5.11 Å². The van der Waals surface area contributed by atoms with Crippen LogP contribution in [0.15, 0.2) is 16.9 Å². The quantitative estimate of drug-likeness (QED) is 0.306. The zero-order valence-electron chi connectivity index (χ0n) is 8.91. The molecule has 0 N–H and O–H groups in total. The molecule has 0 bridgehead atoms. The maximum Gasteiger partial charge on any atom is 0.341 e. The molecule has 2 rings (SSSR count). The molecule has 0 unspecified atom stereocenters. The van der Waals surface area contributed by atoms with Crippen LogP contribution in [-0.2, 0) is 19.0 Å². The van der Waals surface area contributed by atoms with E-state index in [-0.39, 0.29) is 11.8 Å². The maximum atomic E-state index is 11.2. The summed E-state index contributed by atoms with van der Waals surface area (Å²) in [5, 5.41) is 3.23. The molecule has 0 aromatic heterocycles. The molecule has 0 amide bonds. The molecular weight excluding hydrogens is 214 g/mol. The Morgan fingerprint density at radius 3 is 2.94 bits per heavy atom. The summed E-state index contributed by atoms with van der Waals surface area (Å²) in [6, 6.07) is 0. The standard InChI is InChI=1S/C9H11N3O4/c1-9(2)14-4-7(16-9)6-3-5(11-12-10)8(13)15-6/h3,6-7H,4H2,1-2H3/t6-,7+/m0/s1. The number of nitrogens with zero attached hydrogens (tertiary/aromatic N) is 3. The Morgan fingerprint density at radius 2 is 2.38 bits per heavy atom. The summed E-state index contributed by atoms with van der Waals surface area (Å²) in [6.07, 6.45) is 0.553. The molecule has 2 aliphatic heterocycles. The van der Waals surface area contributed by atoms with Gasteiger partial charge in [0.25, 0.3) is 0 Å². The molecule has 7 nitrogen and oxygen atoms in total. The zero-order valence-corrected chi connectivity index (χ0v) is 8.91. The molecule has 0 saturated carbocycles. The van der Waals surface area contributed by atoms with Crippen LogP contribution in [0.1, 0.15) is 13.8 Å². The molecule has 7 heteroatoms. The van der Waals surface area contributed by atoms with Gasteiger partial charge in [0.15, 0.2) is 5.79 Å². The van der Waals surface area contributed by atoms with E-state index in [4.69, 9.17) is 19.7 Å². The SMILES string of the molecule is CC1(C)OC[C@H]([C@@H]2C=C(N=[N+]=[N-])C(=O)O2)O1. The highest BCUT2D eigenvalue weighted by Crippen LogP contribution is 2.29. The van der Waals surface area contributed by atoms with Gasteiger partial charge in [0.05, 0.1) is 6.61 Å². The molecule has 0 aliphatic carbocycles. The van der Waals surface area contributed by atoms with Gasteiger partial charge in [0, 0.05) is 4.91 Å². The predicted molar refractivity (Wildman–Crippen MR) is 52.0 cm³/mol. The molecule has 86 valence electrons. The number of cyclic esters (lactones) is 1. The third-order valence-electron chi connectivity index (χ3n) is 2.32. The van der Waals surface area contributed by atoms with Gasteiger partial charge in [-0.2, -0.15) is 0 Å². The Bertz CT molecular complexity index is 398.